The van der Waals surface area contributed by atoms with Gasteiger partial charge in [0.1, 0.15) is 0 Å². The first-order valence-electron chi connectivity index (χ1n) is 4.83. The zero-order chi connectivity index (χ0) is 11.5. The van der Waals surface area contributed by atoms with Gasteiger partial charge in [-0.05, 0) is 19.4 Å². The van der Waals surface area contributed by atoms with Gasteiger partial charge in [-0.15, -0.1) is 0 Å². The molecule has 1 aromatic carbocycles. The molecule has 0 saturated heterocycles. The van der Waals surface area contributed by atoms with Crippen molar-refractivity contribution in [2.24, 2.45) is 0 Å². The highest BCUT2D eigenvalue weighted by atomic mass is 28.4. The van der Waals surface area contributed by atoms with Crippen LogP contribution in [0.1, 0.15) is 11.1 Å². The van der Waals surface area contributed by atoms with Gasteiger partial charge in [0.2, 0.25) is 0 Å². The summed E-state index contributed by atoms with van der Waals surface area (Å²) in [6.07, 6.45) is 0. The third-order valence-electron chi connectivity index (χ3n) is 2.53. The first-order valence-corrected chi connectivity index (χ1v) is 6.55. The lowest BCUT2D eigenvalue weighted by Gasteiger charge is -2.26. The van der Waals surface area contributed by atoms with E-state index in [4.69, 9.17) is 13.3 Å². The Hall–Kier alpha value is -0.683. The zero-order valence-corrected chi connectivity index (χ0v) is 11.0. The molecule has 0 spiro atoms. The molecule has 0 N–H and O–H groups in total. The third kappa shape index (κ3) is 2.29. The van der Waals surface area contributed by atoms with E-state index >= 15 is 0 Å². The van der Waals surface area contributed by atoms with Crippen LogP contribution in [0.3, 0.4) is 0 Å². The average Bonchev–Trinajstić information content (AvgIpc) is 2.26. The summed E-state index contributed by atoms with van der Waals surface area (Å²) in [5.41, 5.74) is 2.32. The Bertz CT molecular complexity index is 326. The van der Waals surface area contributed by atoms with Crippen LogP contribution >= 0.6 is 0 Å². The smallest absolute Gasteiger partial charge is 0.373 e. The quantitative estimate of drug-likeness (QED) is 0.726. The van der Waals surface area contributed by atoms with Gasteiger partial charge in [0, 0.05) is 26.5 Å². The summed E-state index contributed by atoms with van der Waals surface area (Å²) in [7, 11) is 2.21. The van der Waals surface area contributed by atoms with Gasteiger partial charge in [-0.2, -0.15) is 0 Å². The molecule has 0 aliphatic rings. The van der Waals surface area contributed by atoms with Gasteiger partial charge in [0.15, 0.2) is 0 Å². The molecule has 0 unspecified atom stereocenters. The maximum absolute atomic E-state index is 5.45. The lowest BCUT2D eigenvalue weighted by atomic mass is 10.2. The van der Waals surface area contributed by atoms with Crippen LogP contribution in [0.25, 0.3) is 0 Å². The summed E-state index contributed by atoms with van der Waals surface area (Å²) in [6.45, 7) is 4.08. The molecule has 0 aliphatic heterocycles. The first kappa shape index (κ1) is 12.4. The number of hydrogen-bond donors (Lipinski definition) is 0. The maximum atomic E-state index is 5.45. The van der Waals surface area contributed by atoms with E-state index in [9.17, 15) is 0 Å². The summed E-state index contributed by atoms with van der Waals surface area (Å²) < 4.78 is 16.4. The van der Waals surface area contributed by atoms with Crippen molar-refractivity contribution in [1.82, 2.24) is 0 Å². The van der Waals surface area contributed by atoms with Crippen LogP contribution in [0.4, 0.5) is 0 Å². The minimum absolute atomic E-state index is 1.04. The summed E-state index contributed by atoms with van der Waals surface area (Å²) in [4.78, 5) is 0. The van der Waals surface area contributed by atoms with Crippen LogP contribution < -0.4 is 5.19 Å². The van der Waals surface area contributed by atoms with Crippen molar-refractivity contribution in [1.29, 1.82) is 0 Å². The largest absolute Gasteiger partial charge is 0.536 e. The van der Waals surface area contributed by atoms with Crippen molar-refractivity contribution >= 4 is 14.0 Å². The molecule has 15 heavy (non-hydrogen) atoms. The standard InChI is InChI=1S/C11H18O3Si/c1-9-6-7-10(2)11(8-9)15(12-3,13-4)14-5/h6-8H,1-5H3. The predicted molar refractivity (Wildman–Crippen MR) is 62.3 cm³/mol. The topological polar surface area (TPSA) is 27.7 Å². The second kappa shape index (κ2) is 4.89. The summed E-state index contributed by atoms with van der Waals surface area (Å²) >= 11 is 0. The molecular formula is C11H18O3Si. The highest BCUT2D eigenvalue weighted by Crippen LogP contribution is 2.11. The molecule has 0 amide bonds. The first-order chi connectivity index (χ1) is 7.09. The van der Waals surface area contributed by atoms with Crippen molar-refractivity contribution in [2.75, 3.05) is 21.3 Å². The van der Waals surface area contributed by atoms with Gasteiger partial charge < -0.3 is 13.3 Å². The van der Waals surface area contributed by atoms with E-state index < -0.39 is 8.80 Å². The lowest BCUT2D eigenvalue weighted by Crippen LogP contribution is -2.55. The van der Waals surface area contributed by atoms with E-state index in [2.05, 4.69) is 18.2 Å². The van der Waals surface area contributed by atoms with E-state index in [1.54, 1.807) is 21.3 Å². The Labute approximate surface area is 92.3 Å². The molecule has 3 nitrogen and oxygen atoms in total. The third-order valence-corrected chi connectivity index (χ3v) is 5.34. The van der Waals surface area contributed by atoms with Crippen LogP contribution in [0.15, 0.2) is 18.2 Å². The van der Waals surface area contributed by atoms with Crippen molar-refractivity contribution in [3.8, 4) is 0 Å². The van der Waals surface area contributed by atoms with E-state index in [0.717, 1.165) is 10.8 Å². The number of hydrogen-bond acceptors (Lipinski definition) is 3. The van der Waals surface area contributed by atoms with Crippen molar-refractivity contribution in [2.45, 2.75) is 13.8 Å². The molecule has 0 heterocycles. The highest BCUT2D eigenvalue weighted by Gasteiger charge is 2.41. The van der Waals surface area contributed by atoms with Gasteiger partial charge in [-0.3, -0.25) is 0 Å². The Morgan fingerprint density at radius 1 is 0.933 bits per heavy atom. The lowest BCUT2D eigenvalue weighted by molar-refractivity contribution is 0.140. The van der Waals surface area contributed by atoms with E-state index in [1.807, 2.05) is 13.8 Å². The highest BCUT2D eigenvalue weighted by molar-refractivity contribution is 6.75. The molecule has 1 aromatic rings. The fraction of sp³-hybridized carbons (Fsp3) is 0.455. The Balaban J connectivity index is 3.27. The fourth-order valence-corrected chi connectivity index (χ4v) is 3.78. The minimum Gasteiger partial charge on any atom is -0.373 e. The predicted octanol–water partition coefficient (Wildman–Crippen LogP) is 1.39. The van der Waals surface area contributed by atoms with E-state index in [-0.39, 0.29) is 0 Å². The number of rotatable bonds is 4. The van der Waals surface area contributed by atoms with E-state index in [1.165, 1.54) is 5.56 Å². The van der Waals surface area contributed by atoms with Crippen molar-refractivity contribution in [3.63, 3.8) is 0 Å². The normalized spacial score (nSPS) is 11.8. The molecule has 0 aromatic heterocycles. The van der Waals surface area contributed by atoms with E-state index in [0.29, 0.717) is 0 Å². The van der Waals surface area contributed by atoms with Gasteiger partial charge >= 0.3 is 8.80 Å². The molecule has 1 rings (SSSR count). The molecule has 0 saturated carbocycles. The molecular weight excluding hydrogens is 208 g/mol. The molecule has 0 atom stereocenters. The second-order valence-electron chi connectivity index (χ2n) is 3.49. The van der Waals surface area contributed by atoms with Gasteiger partial charge in [-0.1, -0.05) is 23.8 Å². The molecule has 0 fully saturated rings. The summed E-state index contributed by atoms with van der Waals surface area (Å²) in [5.74, 6) is 0. The van der Waals surface area contributed by atoms with Crippen molar-refractivity contribution in [3.05, 3.63) is 29.3 Å². The number of benzene rings is 1. The van der Waals surface area contributed by atoms with Crippen LogP contribution in [-0.4, -0.2) is 30.1 Å². The van der Waals surface area contributed by atoms with Gasteiger partial charge in [0.25, 0.3) is 0 Å². The van der Waals surface area contributed by atoms with Crippen LogP contribution in [0.2, 0.25) is 0 Å². The minimum atomic E-state index is -2.67. The van der Waals surface area contributed by atoms with Crippen LogP contribution in [0.5, 0.6) is 0 Å². The monoisotopic (exact) mass is 226 g/mol. The number of aryl methyl sites for hydroxylation is 2. The molecule has 0 aliphatic carbocycles. The average molecular weight is 226 g/mol. The Kier molecular flexibility index (Phi) is 4.04. The van der Waals surface area contributed by atoms with Gasteiger partial charge in [0.05, 0.1) is 0 Å². The molecule has 4 heteroatoms. The molecule has 0 radical (unpaired) electrons. The molecule has 0 bridgehead atoms. The van der Waals surface area contributed by atoms with Crippen molar-refractivity contribution < 1.29 is 13.3 Å². The van der Waals surface area contributed by atoms with Gasteiger partial charge in [-0.25, -0.2) is 0 Å². The Morgan fingerprint density at radius 3 is 1.93 bits per heavy atom. The SMILES string of the molecule is CO[Si](OC)(OC)c1cc(C)ccc1C. The Morgan fingerprint density at radius 2 is 1.47 bits per heavy atom. The van der Waals surface area contributed by atoms with Crippen LogP contribution in [0, 0.1) is 13.8 Å². The summed E-state index contributed by atoms with van der Waals surface area (Å²) in [6, 6.07) is 6.19. The zero-order valence-electron chi connectivity index (χ0n) is 9.96. The molecule has 84 valence electrons. The maximum Gasteiger partial charge on any atom is 0.536 e. The fourth-order valence-electron chi connectivity index (χ4n) is 1.65. The van der Waals surface area contributed by atoms with Crippen LogP contribution in [-0.2, 0) is 13.3 Å². The summed E-state index contributed by atoms with van der Waals surface area (Å²) in [5, 5.41) is 1.04. The second-order valence-corrected chi connectivity index (χ2v) is 6.36.